The van der Waals surface area contributed by atoms with Crippen LogP contribution in [0.25, 0.3) is 0 Å². The van der Waals surface area contributed by atoms with Gasteiger partial charge in [-0.2, -0.15) is 0 Å². The average Bonchev–Trinajstić information content (AvgIpc) is 3.17. The van der Waals surface area contributed by atoms with Gasteiger partial charge in [-0.3, -0.25) is 4.79 Å². The van der Waals surface area contributed by atoms with Crippen LogP contribution in [0.1, 0.15) is 44.9 Å². The van der Waals surface area contributed by atoms with Gasteiger partial charge in [0.15, 0.2) is 5.78 Å². The standard InChI is InChI=1S/C14H22N2O2/c15-12-11(17)6-7-14(9-18-14)13(12)16-8-10-4-2-1-3-5-10/h10,16H,1-9,15H2. The average molecular weight is 250 g/mol. The molecule has 0 radical (unpaired) electrons. The molecule has 1 spiro atoms. The molecular weight excluding hydrogens is 228 g/mol. The number of carbonyl (C=O) groups is 1. The number of carbonyl (C=O) groups excluding carboxylic acids is 1. The molecule has 3 rings (SSSR count). The summed E-state index contributed by atoms with van der Waals surface area (Å²) in [6.45, 7) is 1.66. The molecule has 1 unspecified atom stereocenters. The van der Waals surface area contributed by atoms with E-state index in [4.69, 9.17) is 10.5 Å². The molecule has 0 amide bonds. The molecule has 0 aromatic rings. The van der Waals surface area contributed by atoms with Gasteiger partial charge in [0.1, 0.15) is 5.60 Å². The Balaban J connectivity index is 1.66. The lowest BCUT2D eigenvalue weighted by atomic mass is 9.87. The number of ether oxygens (including phenoxy) is 1. The van der Waals surface area contributed by atoms with Crippen molar-refractivity contribution in [2.75, 3.05) is 13.2 Å². The Morgan fingerprint density at radius 1 is 1.33 bits per heavy atom. The van der Waals surface area contributed by atoms with E-state index in [2.05, 4.69) is 5.32 Å². The normalized spacial score (nSPS) is 33.0. The van der Waals surface area contributed by atoms with Gasteiger partial charge >= 0.3 is 0 Å². The number of nitrogens with one attached hydrogen (secondary N) is 1. The van der Waals surface area contributed by atoms with Crippen LogP contribution in [0.5, 0.6) is 0 Å². The second kappa shape index (κ2) is 4.57. The third-order valence-electron chi connectivity index (χ3n) is 4.57. The predicted molar refractivity (Wildman–Crippen MR) is 68.7 cm³/mol. The molecule has 1 saturated carbocycles. The van der Waals surface area contributed by atoms with E-state index in [1.807, 2.05) is 0 Å². The van der Waals surface area contributed by atoms with Gasteiger partial charge in [0.05, 0.1) is 18.0 Å². The first-order chi connectivity index (χ1) is 8.71. The third-order valence-corrected chi connectivity index (χ3v) is 4.57. The summed E-state index contributed by atoms with van der Waals surface area (Å²) in [4.78, 5) is 11.7. The van der Waals surface area contributed by atoms with Gasteiger partial charge < -0.3 is 15.8 Å². The van der Waals surface area contributed by atoms with Gasteiger partial charge in [-0.05, 0) is 25.2 Å². The van der Waals surface area contributed by atoms with Crippen LogP contribution in [-0.4, -0.2) is 24.5 Å². The van der Waals surface area contributed by atoms with Gasteiger partial charge in [-0.15, -0.1) is 0 Å². The molecule has 4 heteroatoms. The monoisotopic (exact) mass is 250 g/mol. The Morgan fingerprint density at radius 2 is 2.06 bits per heavy atom. The van der Waals surface area contributed by atoms with Crippen molar-refractivity contribution >= 4 is 5.78 Å². The first kappa shape index (κ1) is 12.0. The van der Waals surface area contributed by atoms with E-state index in [0.717, 1.165) is 24.6 Å². The van der Waals surface area contributed by atoms with Crippen LogP contribution in [0.15, 0.2) is 11.4 Å². The van der Waals surface area contributed by atoms with E-state index >= 15 is 0 Å². The highest BCUT2D eigenvalue weighted by Crippen LogP contribution is 2.42. The molecule has 0 aromatic carbocycles. The summed E-state index contributed by atoms with van der Waals surface area (Å²) < 4.78 is 5.56. The Labute approximate surface area is 108 Å². The first-order valence-electron chi connectivity index (χ1n) is 7.12. The van der Waals surface area contributed by atoms with Crippen LogP contribution in [0, 0.1) is 5.92 Å². The number of nitrogens with two attached hydrogens (primary N) is 1. The molecule has 1 atom stereocenters. The molecule has 1 aliphatic heterocycles. The summed E-state index contributed by atoms with van der Waals surface area (Å²) >= 11 is 0. The third kappa shape index (κ3) is 2.14. The minimum absolute atomic E-state index is 0.0715. The molecule has 3 N–H and O–H groups in total. The zero-order valence-corrected chi connectivity index (χ0v) is 10.8. The fourth-order valence-corrected chi connectivity index (χ4v) is 3.23. The maximum atomic E-state index is 11.7. The van der Waals surface area contributed by atoms with Crippen molar-refractivity contribution in [1.29, 1.82) is 0 Å². The molecule has 1 heterocycles. The molecule has 100 valence electrons. The Kier molecular flexibility index (Phi) is 3.06. The van der Waals surface area contributed by atoms with Gasteiger partial charge in [-0.25, -0.2) is 0 Å². The number of hydrogen-bond acceptors (Lipinski definition) is 4. The molecule has 2 fully saturated rings. The largest absolute Gasteiger partial charge is 0.394 e. The highest BCUT2D eigenvalue weighted by molar-refractivity contribution is 5.96. The minimum Gasteiger partial charge on any atom is -0.394 e. The fourth-order valence-electron chi connectivity index (χ4n) is 3.23. The van der Waals surface area contributed by atoms with Crippen LogP contribution < -0.4 is 11.1 Å². The van der Waals surface area contributed by atoms with Crippen molar-refractivity contribution < 1.29 is 9.53 Å². The van der Waals surface area contributed by atoms with Crippen LogP contribution in [0.2, 0.25) is 0 Å². The first-order valence-corrected chi connectivity index (χ1v) is 7.12. The molecule has 0 aromatic heterocycles. The van der Waals surface area contributed by atoms with E-state index in [0.29, 0.717) is 18.7 Å². The Bertz CT molecular complexity index is 379. The molecule has 2 aliphatic carbocycles. The van der Waals surface area contributed by atoms with Gasteiger partial charge in [0.2, 0.25) is 0 Å². The predicted octanol–water partition coefficient (Wildman–Crippen LogP) is 1.46. The van der Waals surface area contributed by atoms with Crippen molar-refractivity contribution in [3.05, 3.63) is 11.4 Å². The quantitative estimate of drug-likeness (QED) is 0.744. The molecule has 0 bridgehead atoms. The highest BCUT2D eigenvalue weighted by Gasteiger charge is 2.52. The summed E-state index contributed by atoms with van der Waals surface area (Å²) in [6, 6.07) is 0. The van der Waals surface area contributed by atoms with Crippen molar-refractivity contribution in [1.82, 2.24) is 5.32 Å². The Hall–Kier alpha value is -1.03. The lowest BCUT2D eigenvalue weighted by Crippen LogP contribution is -2.39. The summed E-state index contributed by atoms with van der Waals surface area (Å²) in [6.07, 6.45) is 7.94. The SMILES string of the molecule is NC1=C(NCC2CCCCC2)C2(CCC1=O)CO2. The van der Waals surface area contributed by atoms with Crippen molar-refractivity contribution in [2.24, 2.45) is 11.7 Å². The van der Waals surface area contributed by atoms with Gasteiger partial charge in [-0.1, -0.05) is 19.3 Å². The van der Waals surface area contributed by atoms with Crippen LogP contribution in [0.3, 0.4) is 0 Å². The van der Waals surface area contributed by atoms with Crippen LogP contribution in [0.4, 0.5) is 0 Å². The number of Topliss-reactive ketones (excluding diaryl/α,β-unsaturated/α-hetero) is 1. The van der Waals surface area contributed by atoms with E-state index in [-0.39, 0.29) is 11.4 Å². The van der Waals surface area contributed by atoms with E-state index in [1.54, 1.807) is 0 Å². The zero-order valence-electron chi connectivity index (χ0n) is 10.8. The van der Waals surface area contributed by atoms with Crippen molar-refractivity contribution in [2.45, 2.75) is 50.5 Å². The lowest BCUT2D eigenvalue weighted by molar-refractivity contribution is -0.116. The summed E-state index contributed by atoms with van der Waals surface area (Å²) in [5.41, 5.74) is 7.00. The zero-order chi connectivity index (χ0) is 12.6. The van der Waals surface area contributed by atoms with Crippen molar-refractivity contribution in [3.63, 3.8) is 0 Å². The fraction of sp³-hybridized carbons (Fsp3) is 0.786. The maximum Gasteiger partial charge on any atom is 0.180 e. The topological polar surface area (TPSA) is 67.6 Å². The second-order valence-corrected chi connectivity index (χ2v) is 5.88. The van der Waals surface area contributed by atoms with Crippen LogP contribution >= 0.6 is 0 Å². The Morgan fingerprint density at radius 3 is 2.72 bits per heavy atom. The lowest BCUT2D eigenvalue weighted by Gasteiger charge is -2.28. The molecule has 4 nitrogen and oxygen atoms in total. The molecule has 1 saturated heterocycles. The highest BCUT2D eigenvalue weighted by atomic mass is 16.6. The minimum atomic E-state index is -0.230. The van der Waals surface area contributed by atoms with E-state index < -0.39 is 0 Å². The number of allylic oxidation sites excluding steroid dienone is 1. The van der Waals surface area contributed by atoms with Gasteiger partial charge in [0, 0.05) is 13.0 Å². The molecular formula is C14H22N2O2. The molecule has 3 aliphatic rings. The number of ketones is 1. The summed E-state index contributed by atoms with van der Waals surface area (Å²) in [5.74, 6) is 0.800. The maximum absolute atomic E-state index is 11.7. The van der Waals surface area contributed by atoms with Crippen molar-refractivity contribution in [3.8, 4) is 0 Å². The van der Waals surface area contributed by atoms with Gasteiger partial charge in [0.25, 0.3) is 0 Å². The molecule has 18 heavy (non-hydrogen) atoms. The van der Waals surface area contributed by atoms with E-state index in [9.17, 15) is 4.79 Å². The number of hydrogen-bond donors (Lipinski definition) is 2. The van der Waals surface area contributed by atoms with E-state index in [1.165, 1.54) is 32.1 Å². The summed E-state index contributed by atoms with van der Waals surface area (Å²) in [5, 5.41) is 3.43. The number of epoxide rings is 1. The summed E-state index contributed by atoms with van der Waals surface area (Å²) in [7, 11) is 0. The van der Waals surface area contributed by atoms with Crippen LogP contribution in [-0.2, 0) is 9.53 Å². The second-order valence-electron chi connectivity index (χ2n) is 5.88. The smallest absolute Gasteiger partial charge is 0.180 e. The number of rotatable bonds is 3.